The number of aryl methyl sites for hydroxylation is 1. The Hall–Kier alpha value is -2.48. The molecule has 2 fully saturated rings. The zero-order chi connectivity index (χ0) is 43.3. The molecule has 0 saturated carbocycles. The third kappa shape index (κ3) is 15.8. The van der Waals surface area contributed by atoms with E-state index >= 15 is 0 Å². The van der Waals surface area contributed by atoms with Gasteiger partial charge in [-0.05, 0) is 47.0 Å². The lowest BCUT2D eigenvalue weighted by Crippen LogP contribution is -2.48. The minimum atomic E-state index is -5.24. The first-order valence-electron chi connectivity index (χ1n) is 18.5. The summed E-state index contributed by atoms with van der Waals surface area (Å²) in [6, 6.07) is 0. The summed E-state index contributed by atoms with van der Waals surface area (Å²) in [5.41, 5.74) is 3.82. The highest BCUT2D eigenvalue weighted by atomic mass is 31.2. The fourth-order valence-electron chi connectivity index (χ4n) is 6.50. The third-order valence-corrected chi connectivity index (χ3v) is 10.3. The lowest BCUT2D eigenvalue weighted by molar-refractivity contribution is -0.127. The maximum atomic E-state index is 12.6. The molecule has 334 valence electrons. The first kappa shape index (κ1) is 49.9. The second-order valence-corrected chi connectivity index (χ2v) is 17.1. The Morgan fingerprint density at radius 1 is 0.948 bits per heavy atom. The number of carbonyl (C=O) groups excluding carboxylic acids is 2. The van der Waals surface area contributed by atoms with Gasteiger partial charge in [-0.1, -0.05) is 0 Å². The summed E-state index contributed by atoms with van der Waals surface area (Å²) < 4.78 is 59.6. The van der Waals surface area contributed by atoms with Crippen molar-refractivity contribution in [3.05, 3.63) is 27.5 Å². The van der Waals surface area contributed by atoms with E-state index in [1.807, 2.05) is 13.8 Å². The second-order valence-electron chi connectivity index (χ2n) is 14.7. The van der Waals surface area contributed by atoms with Crippen molar-refractivity contribution >= 4 is 33.3 Å². The SMILES string of the molecule is CC1(C)CC(C(=O)NCCOCCOCCOCCOCCC(=O)NCCCc2cn([C@@H]3O[C@H](COP(=O)(O)O)C(OP(=O)(O)O)[C@@H]3O)c(=O)nc2N)C(C)(C)N1[O-]. The summed E-state index contributed by atoms with van der Waals surface area (Å²) in [7, 11) is -10.3. The smallest absolute Gasteiger partial charge is 0.470 e. The molecule has 1 aromatic heterocycles. The molecule has 2 amide bonds. The van der Waals surface area contributed by atoms with Crippen molar-refractivity contribution in [3.8, 4) is 0 Å². The van der Waals surface area contributed by atoms with E-state index in [1.54, 1.807) is 13.8 Å². The Kier molecular flexibility index (Phi) is 19.3. The number of nitrogen functional groups attached to an aromatic ring is 1. The highest BCUT2D eigenvalue weighted by molar-refractivity contribution is 7.46. The molecule has 5 atom stereocenters. The average Bonchev–Trinajstić information content (AvgIpc) is 3.50. The van der Waals surface area contributed by atoms with Crippen molar-refractivity contribution in [1.82, 2.24) is 25.2 Å². The minimum Gasteiger partial charge on any atom is -0.784 e. The molecule has 0 bridgehead atoms. The fourth-order valence-corrected chi connectivity index (χ4v) is 7.42. The zero-order valence-electron chi connectivity index (χ0n) is 32.9. The number of nitrogens with one attached hydrogen (secondary N) is 2. The predicted molar refractivity (Wildman–Crippen MR) is 201 cm³/mol. The van der Waals surface area contributed by atoms with Crippen LogP contribution in [0.5, 0.6) is 0 Å². The van der Waals surface area contributed by atoms with Crippen LogP contribution in [0, 0.1) is 11.1 Å². The maximum absolute atomic E-state index is 12.6. The van der Waals surface area contributed by atoms with Crippen LogP contribution in [0.3, 0.4) is 0 Å². The van der Waals surface area contributed by atoms with E-state index in [2.05, 4.69) is 24.7 Å². The number of nitrogens with zero attached hydrogens (tertiary/aromatic N) is 3. The first-order chi connectivity index (χ1) is 27.0. The van der Waals surface area contributed by atoms with E-state index in [1.165, 1.54) is 6.20 Å². The largest absolute Gasteiger partial charge is 0.784 e. The number of carbonyl (C=O) groups is 2. The van der Waals surface area contributed by atoms with Gasteiger partial charge in [-0.3, -0.25) is 23.2 Å². The van der Waals surface area contributed by atoms with Crippen LogP contribution < -0.4 is 22.1 Å². The number of nitrogens with two attached hydrogens (primary N) is 1. The Balaban J connectivity index is 1.23. The van der Waals surface area contributed by atoms with Crippen LogP contribution in [0.15, 0.2) is 11.0 Å². The summed E-state index contributed by atoms with van der Waals surface area (Å²) in [4.78, 5) is 77.7. The molecule has 0 spiro atoms. The van der Waals surface area contributed by atoms with Gasteiger partial charge >= 0.3 is 21.3 Å². The molecule has 2 aliphatic rings. The van der Waals surface area contributed by atoms with E-state index in [9.17, 15) is 43.6 Å². The van der Waals surface area contributed by atoms with Gasteiger partial charge in [0, 0.05) is 42.3 Å². The van der Waals surface area contributed by atoms with Crippen molar-refractivity contribution in [3.63, 3.8) is 0 Å². The highest BCUT2D eigenvalue weighted by Crippen LogP contribution is 2.46. The Bertz CT molecular complexity index is 1640. The minimum absolute atomic E-state index is 0.0819. The first-order valence-corrected chi connectivity index (χ1v) is 21.6. The monoisotopic (exact) mass is 875 g/mol. The number of amides is 2. The van der Waals surface area contributed by atoms with Crippen molar-refractivity contribution < 1.29 is 76.1 Å². The molecule has 0 radical (unpaired) electrons. The van der Waals surface area contributed by atoms with Crippen molar-refractivity contribution in [1.29, 1.82) is 0 Å². The number of anilines is 1. The Morgan fingerprint density at radius 2 is 1.53 bits per heavy atom. The van der Waals surface area contributed by atoms with E-state index in [-0.39, 0.29) is 50.2 Å². The molecular formula is C32H57N6O18P2-. The highest BCUT2D eigenvalue weighted by Gasteiger charge is 2.50. The summed E-state index contributed by atoms with van der Waals surface area (Å²) in [5.74, 6) is -0.995. The van der Waals surface area contributed by atoms with E-state index in [0.29, 0.717) is 64.6 Å². The maximum Gasteiger partial charge on any atom is 0.470 e. The number of aliphatic hydroxyl groups is 1. The normalized spacial score (nSPS) is 23.3. The molecule has 24 nitrogen and oxygen atoms in total. The molecule has 9 N–H and O–H groups in total. The molecular weight excluding hydrogens is 818 g/mol. The molecule has 2 aliphatic heterocycles. The van der Waals surface area contributed by atoms with Crippen LogP contribution in [0.25, 0.3) is 0 Å². The molecule has 3 rings (SSSR count). The number of hydrogen-bond acceptors (Lipinski definition) is 17. The molecule has 26 heteroatoms. The zero-order valence-corrected chi connectivity index (χ0v) is 34.7. The van der Waals surface area contributed by atoms with Gasteiger partial charge in [0.2, 0.25) is 11.8 Å². The van der Waals surface area contributed by atoms with Gasteiger partial charge in [0.1, 0.15) is 24.1 Å². The topological polar surface area (TPSA) is 345 Å². The van der Waals surface area contributed by atoms with Crippen LogP contribution in [0.1, 0.15) is 58.7 Å². The molecule has 1 aromatic rings. The van der Waals surface area contributed by atoms with Crippen molar-refractivity contribution in [2.45, 2.75) is 89.0 Å². The number of hydroxylamine groups is 2. The molecule has 0 aromatic carbocycles. The van der Waals surface area contributed by atoms with Crippen LogP contribution in [0.4, 0.5) is 5.82 Å². The predicted octanol–water partition coefficient (Wildman–Crippen LogP) is -1.33. The van der Waals surface area contributed by atoms with Gasteiger partial charge in [0.05, 0.1) is 65.4 Å². The van der Waals surface area contributed by atoms with Gasteiger partial charge in [0.25, 0.3) is 0 Å². The van der Waals surface area contributed by atoms with E-state index in [0.717, 1.165) is 9.63 Å². The summed E-state index contributed by atoms with van der Waals surface area (Å²) >= 11 is 0. The lowest BCUT2D eigenvalue weighted by Gasteiger charge is -2.47. The Labute approximate surface area is 335 Å². The number of hydrogen-bond donors (Lipinski definition) is 8. The second kappa shape index (κ2) is 22.4. The van der Waals surface area contributed by atoms with Gasteiger partial charge < -0.3 is 75.0 Å². The van der Waals surface area contributed by atoms with Crippen LogP contribution in [0.2, 0.25) is 0 Å². The molecule has 2 unspecified atom stereocenters. The summed E-state index contributed by atoms with van der Waals surface area (Å²) in [6.07, 6.45) is -4.72. The van der Waals surface area contributed by atoms with E-state index < -0.39 is 69.5 Å². The van der Waals surface area contributed by atoms with Gasteiger partial charge in [-0.25, -0.2) is 13.9 Å². The number of rotatable bonds is 26. The van der Waals surface area contributed by atoms with Crippen LogP contribution in [-0.2, 0) is 57.9 Å². The molecule has 2 saturated heterocycles. The third-order valence-electron chi connectivity index (χ3n) is 9.34. The van der Waals surface area contributed by atoms with Crippen LogP contribution in [-0.4, -0.2) is 153 Å². The number of phosphoric acid groups is 2. The molecule has 58 heavy (non-hydrogen) atoms. The average molecular weight is 876 g/mol. The fraction of sp³-hybridized carbons (Fsp3) is 0.812. The van der Waals surface area contributed by atoms with Gasteiger partial charge in [-0.2, -0.15) is 4.98 Å². The number of ether oxygens (including phenoxy) is 5. The van der Waals surface area contributed by atoms with Gasteiger partial charge in [-0.15, -0.1) is 0 Å². The van der Waals surface area contributed by atoms with Crippen molar-refractivity contribution in [2.24, 2.45) is 5.92 Å². The van der Waals surface area contributed by atoms with E-state index in [4.69, 9.17) is 39.2 Å². The lowest BCUT2D eigenvalue weighted by atomic mass is 9.86. The summed E-state index contributed by atoms with van der Waals surface area (Å²) in [5, 5.41) is 29.8. The molecule has 3 heterocycles. The van der Waals surface area contributed by atoms with Crippen LogP contribution >= 0.6 is 15.6 Å². The number of phosphoric ester groups is 2. The number of aliphatic hydroxyl groups excluding tert-OH is 1. The summed E-state index contributed by atoms with van der Waals surface area (Å²) in [6.45, 7) is 9.20. The number of aromatic nitrogens is 2. The van der Waals surface area contributed by atoms with Gasteiger partial charge in [0.15, 0.2) is 6.23 Å². The molecule has 0 aliphatic carbocycles. The quantitative estimate of drug-likeness (QED) is 0.0395. The standard InChI is InChI=1S/C32H57N6O18P2/c1-31(2)18-22(32(3,4)38(31)43)28(41)35-9-11-51-13-15-53-17-16-52-14-12-50-10-7-24(39)34-8-5-6-21-19-37(30(42)36-27(21)33)29-25(40)26(56-58(47,48)49)23(55-29)20-54-57(44,45)46/h19,22-23,25-26,29,40H,5-18,20H2,1-4H3,(H,34,39)(H,35,41)(H2,33,36,42)(H2,44,45,46)(H2,47,48,49)/q-1/t22?,23-,25+,26?,29-/m1/s1. The Morgan fingerprint density at radius 3 is 2.09 bits per heavy atom. The van der Waals surface area contributed by atoms with Crippen molar-refractivity contribution in [2.75, 3.05) is 78.3 Å².